The third-order valence-corrected chi connectivity index (χ3v) is 10.9. The lowest BCUT2D eigenvalue weighted by atomic mass is 9.66. The van der Waals surface area contributed by atoms with Crippen LogP contribution in [-0.4, -0.2) is 71.9 Å². The Morgan fingerprint density at radius 1 is 1.12 bits per heavy atom. The van der Waals surface area contributed by atoms with Gasteiger partial charge in [-0.1, -0.05) is 61.5 Å². The van der Waals surface area contributed by atoms with Crippen LogP contribution in [-0.2, 0) is 21.1 Å². The zero-order valence-electron chi connectivity index (χ0n) is 22.6. The average molecular weight is 563 g/mol. The molecule has 210 valence electrons. The Labute approximate surface area is 236 Å². The number of rotatable bonds is 9. The highest BCUT2D eigenvalue weighted by molar-refractivity contribution is 8.02. The number of carbonyl (C=O) groups is 3. The van der Waals surface area contributed by atoms with Crippen molar-refractivity contribution >= 4 is 40.5 Å². The van der Waals surface area contributed by atoms with Gasteiger partial charge in [0.1, 0.15) is 18.2 Å². The predicted molar refractivity (Wildman–Crippen MR) is 151 cm³/mol. The minimum absolute atomic E-state index is 0.0229. The topological polar surface area (TPSA) is 129 Å². The van der Waals surface area contributed by atoms with Gasteiger partial charge in [0.25, 0.3) is 0 Å². The van der Waals surface area contributed by atoms with Crippen LogP contribution in [0.25, 0.3) is 11.0 Å². The standard InChI is InChI=1S/C29H34N6O4S/c1-3-13-30-26(37)23-22-14-17(2)29(40-22)24(23)28(39)35(21(15-36)18-9-5-4-6-10-18)25(29)27(38)31-16-34-20-12-8-7-11-19(20)32-33-34/h4-12,17,21-25,36H,3,13-16H2,1-2H3,(H,30,37)(H,31,38)/t17?,21-,22+,23-,24+,25?,29?/m1/s1. The van der Waals surface area contributed by atoms with Crippen LogP contribution < -0.4 is 10.6 Å². The molecule has 40 heavy (non-hydrogen) atoms. The van der Waals surface area contributed by atoms with Gasteiger partial charge in [-0.15, -0.1) is 16.9 Å². The Morgan fingerprint density at radius 3 is 2.62 bits per heavy atom. The summed E-state index contributed by atoms with van der Waals surface area (Å²) in [6.45, 7) is 4.35. The molecule has 0 radical (unpaired) electrons. The molecule has 3 aliphatic rings. The van der Waals surface area contributed by atoms with Gasteiger partial charge in [-0.2, -0.15) is 0 Å². The van der Waals surface area contributed by atoms with Crippen LogP contribution in [0.5, 0.6) is 0 Å². The number of aliphatic hydroxyl groups excluding tert-OH is 1. The maximum absolute atomic E-state index is 14.4. The summed E-state index contributed by atoms with van der Waals surface area (Å²) in [6, 6.07) is 15.2. The van der Waals surface area contributed by atoms with E-state index in [0.29, 0.717) is 6.54 Å². The fourth-order valence-electron chi connectivity index (χ4n) is 7.07. The molecule has 3 amide bonds. The smallest absolute Gasteiger partial charge is 0.245 e. The molecule has 1 aromatic heterocycles. The number of carbonyl (C=O) groups excluding carboxylic acids is 3. The van der Waals surface area contributed by atoms with Crippen LogP contribution in [0.4, 0.5) is 0 Å². The zero-order chi connectivity index (χ0) is 28.0. The number of aliphatic hydroxyl groups is 1. The molecule has 11 heteroatoms. The molecular weight excluding hydrogens is 528 g/mol. The Morgan fingerprint density at radius 2 is 1.88 bits per heavy atom. The van der Waals surface area contributed by atoms with E-state index >= 15 is 0 Å². The second-order valence-electron chi connectivity index (χ2n) is 11.0. The average Bonchev–Trinajstić information content (AvgIpc) is 3.69. The van der Waals surface area contributed by atoms with Crippen molar-refractivity contribution in [1.82, 2.24) is 30.5 Å². The van der Waals surface area contributed by atoms with Crippen molar-refractivity contribution in [1.29, 1.82) is 0 Å². The van der Waals surface area contributed by atoms with Crippen LogP contribution in [0.3, 0.4) is 0 Å². The molecule has 3 unspecified atom stereocenters. The minimum Gasteiger partial charge on any atom is -0.394 e. The van der Waals surface area contributed by atoms with E-state index < -0.39 is 28.7 Å². The quantitative estimate of drug-likeness (QED) is 0.364. The van der Waals surface area contributed by atoms with Gasteiger partial charge in [0.15, 0.2) is 0 Å². The molecule has 6 rings (SSSR count). The zero-order valence-corrected chi connectivity index (χ0v) is 23.4. The number of aromatic nitrogens is 3. The van der Waals surface area contributed by atoms with Crippen molar-refractivity contribution in [3.05, 3.63) is 60.2 Å². The summed E-state index contributed by atoms with van der Waals surface area (Å²) in [5, 5.41) is 25.0. The molecule has 0 aliphatic carbocycles. The molecule has 3 aliphatic heterocycles. The Bertz CT molecular complexity index is 1430. The second kappa shape index (κ2) is 10.5. The SMILES string of the molecule is CCCNC(=O)[C@@H]1[C@@H]2CC(C)C3(S2)C(C(=O)NCn2nnc4ccccc42)N([C@H](CO)c2ccccc2)C(=O)[C@H]13. The molecule has 3 aromatic rings. The maximum atomic E-state index is 14.4. The largest absolute Gasteiger partial charge is 0.394 e. The minimum atomic E-state index is -0.869. The summed E-state index contributed by atoms with van der Waals surface area (Å²) in [6.07, 6.45) is 1.55. The number of hydrogen-bond acceptors (Lipinski definition) is 7. The Balaban J connectivity index is 1.39. The molecule has 7 atom stereocenters. The molecule has 2 bridgehead atoms. The van der Waals surface area contributed by atoms with Crippen molar-refractivity contribution in [2.45, 2.75) is 55.4 Å². The van der Waals surface area contributed by atoms with Gasteiger partial charge in [0.05, 0.1) is 34.7 Å². The summed E-state index contributed by atoms with van der Waals surface area (Å²) >= 11 is 1.62. The lowest BCUT2D eigenvalue weighted by Crippen LogP contribution is -2.57. The van der Waals surface area contributed by atoms with E-state index in [0.717, 1.165) is 29.4 Å². The lowest BCUT2D eigenvalue weighted by Gasteiger charge is -2.40. The molecule has 1 spiro atoms. The number of fused-ring (bicyclic) bond motifs is 2. The number of nitrogens with zero attached hydrogens (tertiary/aromatic N) is 4. The second-order valence-corrected chi connectivity index (χ2v) is 12.5. The van der Waals surface area contributed by atoms with Gasteiger partial charge in [-0.25, -0.2) is 4.68 Å². The molecule has 10 nitrogen and oxygen atoms in total. The highest BCUT2D eigenvalue weighted by Gasteiger charge is 2.76. The van der Waals surface area contributed by atoms with Gasteiger partial charge >= 0.3 is 0 Å². The van der Waals surface area contributed by atoms with E-state index in [-0.39, 0.29) is 42.2 Å². The first kappa shape index (κ1) is 26.8. The normalized spacial score (nSPS) is 29.5. The third kappa shape index (κ3) is 4.01. The van der Waals surface area contributed by atoms with Gasteiger partial charge < -0.3 is 20.6 Å². The summed E-state index contributed by atoms with van der Waals surface area (Å²) in [5.41, 5.74) is 2.25. The van der Waals surface area contributed by atoms with Crippen molar-refractivity contribution in [2.24, 2.45) is 17.8 Å². The van der Waals surface area contributed by atoms with E-state index in [2.05, 4.69) is 27.9 Å². The Hall–Kier alpha value is -3.44. The predicted octanol–water partition coefficient (Wildman–Crippen LogP) is 2.10. The number of nitrogens with one attached hydrogen (secondary N) is 2. The highest BCUT2D eigenvalue weighted by Crippen LogP contribution is 2.69. The number of benzene rings is 2. The van der Waals surface area contributed by atoms with Gasteiger partial charge in [-0.3, -0.25) is 14.4 Å². The number of likely N-dealkylation sites (tertiary alicyclic amines) is 1. The van der Waals surface area contributed by atoms with Gasteiger partial charge in [0.2, 0.25) is 17.7 Å². The molecular formula is C29H34N6O4S. The summed E-state index contributed by atoms with van der Waals surface area (Å²) in [4.78, 5) is 43.6. The first-order valence-electron chi connectivity index (χ1n) is 13.9. The molecule has 3 N–H and O–H groups in total. The summed E-state index contributed by atoms with van der Waals surface area (Å²) in [5.74, 6) is -1.83. The van der Waals surface area contributed by atoms with Crippen LogP contribution in [0.1, 0.15) is 38.3 Å². The summed E-state index contributed by atoms with van der Waals surface area (Å²) in [7, 11) is 0. The Kier molecular flexibility index (Phi) is 7.03. The third-order valence-electron chi connectivity index (χ3n) is 8.80. The van der Waals surface area contributed by atoms with E-state index in [1.165, 1.54) is 0 Å². The van der Waals surface area contributed by atoms with Crippen LogP contribution in [0, 0.1) is 17.8 Å². The fraction of sp³-hybridized carbons (Fsp3) is 0.483. The number of hydrogen-bond donors (Lipinski definition) is 3. The van der Waals surface area contributed by atoms with Crippen molar-refractivity contribution in [2.75, 3.05) is 13.2 Å². The van der Waals surface area contributed by atoms with E-state index in [4.69, 9.17) is 0 Å². The van der Waals surface area contributed by atoms with Crippen molar-refractivity contribution in [3.8, 4) is 0 Å². The van der Waals surface area contributed by atoms with Crippen LogP contribution in [0.15, 0.2) is 54.6 Å². The number of amides is 3. The fourth-order valence-corrected chi connectivity index (χ4v) is 9.48. The maximum Gasteiger partial charge on any atom is 0.245 e. The van der Waals surface area contributed by atoms with Crippen molar-refractivity contribution < 1.29 is 19.5 Å². The molecule has 0 saturated carbocycles. The van der Waals surface area contributed by atoms with Crippen LogP contribution in [0.2, 0.25) is 0 Å². The van der Waals surface area contributed by atoms with E-state index in [1.807, 2.05) is 61.5 Å². The summed E-state index contributed by atoms with van der Waals surface area (Å²) < 4.78 is 0.834. The van der Waals surface area contributed by atoms with E-state index in [9.17, 15) is 19.5 Å². The number of para-hydroxylation sites is 1. The first-order valence-corrected chi connectivity index (χ1v) is 14.8. The van der Waals surface area contributed by atoms with Crippen molar-refractivity contribution in [3.63, 3.8) is 0 Å². The molecule has 3 fully saturated rings. The molecule has 4 heterocycles. The number of thioether (sulfide) groups is 1. The van der Waals surface area contributed by atoms with E-state index in [1.54, 1.807) is 21.3 Å². The monoisotopic (exact) mass is 562 g/mol. The molecule has 2 aromatic carbocycles. The van der Waals surface area contributed by atoms with Gasteiger partial charge in [-0.05, 0) is 36.5 Å². The van der Waals surface area contributed by atoms with Crippen LogP contribution >= 0.6 is 11.8 Å². The first-order chi connectivity index (χ1) is 19.4. The van der Waals surface area contributed by atoms with Gasteiger partial charge in [0, 0.05) is 11.8 Å². The lowest BCUT2D eigenvalue weighted by molar-refractivity contribution is -0.143. The molecule has 3 saturated heterocycles. The highest BCUT2D eigenvalue weighted by atomic mass is 32.2.